The molecule has 1 aromatic carbocycles. The molecule has 0 aliphatic carbocycles. The van der Waals surface area contributed by atoms with Crippen molar-refractivity contribution >= 4 is 29.9 Å². The van der Waals surface area contributed by atoms with E-state index in [1.807, 2.05) is 57.1 Å². The third-order valence-electron chi connectivity index (χ3n) is 2.53. The second-order valence-electron chi connectivity index (χ2n) is 4.62. The zero-order valence-corrected chi connectivity index (χ0v) is 11.7. The minimum atomic E-state index is -0.280. The molecular weight excluding hydrogens is 232 g/mol. The van der Waals surface area contributed by atoms with Crippen LogP contribution in [-0.4, -0.2) is 25.3 Å². The number of nitrogens with zero attached hydrogens (tertiary/aromatic N) is 1. The first-order chi connectivity index (χ1) is 7.91. The Bertz CT molecular complexity index is 391. The summed E-state index contributed by atoms with van der Waals surface area (Å²) in [7, 11) is 3.94. The van der Waals surface area contributed by atoms with Gasteiger partial charge >= 0.3 is 0 Å². The topological polar surface area (TPSA) is 32.3 Å². The van der Waals surface area contributed by atoms with Gasteiger partial charge in [0, 0.05) is 25.5 Å². The summed E-state index contributed by atoms with van der Waals surface area (Å²) in [5, 5.41) is 2.60. The van der Waals surface area contributed by atoms with Crippen molar-refractivity contribution in [3.63, 3.8) is 0 Å². The number of benzene rings is 1. The van der Waals surface area contributed by atoms with Gasteiger partial charge < -0.3 is 10.2 Å². The molecule has 0 saturated carbocycles. The summed E-state index contributed by atoms with van der Waals surface area (Å²) in [6.45, 7) is 3.96. The van der Waals surface area contributed by atoms with Crippen molar-refractivity contribution in [2.45, 2.75) is 19.1 Å². The Labute approximate surface area is 109 Å². The minimum absolute atomic E-state index is 0.0563. The summed E-state index contributed by atoms with van der Waals surface area (Å²) in [6.07, 6.45) is 0. The number of carbonyl (C=O) groups is 1. The second kappa shape index (κ2) is 5.96. The Morgan fingerprint density at radius 2 is 2.00 bits per heavy atom. The Morgan fingerprint density at radius 3 is 2.53 bits per heavy atom. The number of anilines is 2. The lowest BCUT2D eigenvalue weighted by Gasteiger charge is -2.17. The molecule has 1 amide bonds. The molecular formula is C13H20N2OS. The first kappa shape index (κ1) is 13.9. The van der Waals surface area contributed by atoms with Crippen LogP contribution in [0, 0.1) is 5.92 Å². The summed E-state index contributed by atoms with van der Waals surface area (Å²) < 4.78 is 0. The maximum Gasteiger partial charge on any atom is 0.237 e. The van der Waals surface area contributed by atoms with Gasteiger partial charge in [0.1, 0.15) is 0 Å². The number of hydrogen-bond acceptors (Lipinski definition) is 3. The summed E-state index contributed by atoms with van der Waals surface area (Å²) in [5.74, 6) is 0.162. The van der Waals surface area contributed by atoms with Gasteiger partial charge in [-0.05, 0) is 24.1 Å². The van der Waals surface area contributed by atoms with Gasteiger partial charge in [0.25, 0.3) is 0 Å². The fourth-order valence-electron chi connectivity index (χ4n) is 1.38. The normalized spacial score (nSPS) is 12.4. The number of amides is 1. The van der Waals surface area contributed by atoms with Crippen molar-refractivity contribution in [3.8, 4) is 0 Å². The molecule has 0 aliphatic heterocycles. The lowest BCUT2D eigenvalue weighted by molar-refractivity contribution is -0.116. The molecule has 4 heteroatoms. The van der Waals surface area contributed by atoms with Crippen LogP contribution >= 0.6 is 12.6 Å². The van der Waals surface area contributed by atoms with Gasteiger partial charge in [0.15, 0.2) is 0 Å². The van der Waals surface area contributed by atoms with Gasteiger partial charge in [-0.2, -0.15) is 12.6 Å². The minimum Gasteiger partial charge on any atom is -0.378 e. The molecule has 0 radical (unpaired) electrons. The van der Waals surface area contributed by atoms with E-state index < -0.39 is 0 Å². The molecule has 0 aromatic heterocycles. The molecule has 0 saturated heterocycles. The number of nitrogens with one attached hydrogen (secondary N) is 1. The zero-order valence-electron chi connectivity index (χ0n) is 10.8. The van der Waals surface area contributed by atoms with Gasteiger partial charge in [-0.15, -0.1) is 0 Å². The van der Waals surface area contributed by atoms with Crippen LogP contribution in [-0.2, 0) is 4.79 Å². The highest BCUT2D eigenvalue weighted by Gasteiger charge is 2.17. The smallest absolute Gasteiger partial charge is 0.237 e. The fourth-order valence-corrected chi connectivity index (χ4v) is 1.45. The van der Waals surface area contributed by atoms with Crippen LogP contribution in [0.1, 0.15) is 13.8 Å². The molecule has 1 aromatic rings. The van der Waals surface area contributed by atoms with Crippen molar-refractivity contribution in [2.24, 2.45) is 5.92 Å². The second-order valence-corrected chi connectivity index (χ2v) is 5.18. The summed E-state index contributed by atoms with van der Waals surface area (Å²) in [4.78, 5) is 13.8. The van der Waals surface area contributed by atoms with Crippen molar-refractivity contribution in [3.05, 3.63) is 24.3 Å². The number of thiol groups is 1. The van der Waals surface area contributed by atoms with Crippen molar-refractivity contribution in [1.82, 2.24) is 0 Å². The van der Waals surface area contributed by atoms with E-state index in [9.17, 15) is 4.79 Å². The monoisotopic (exact) mass is 252 g/mol. The number of rotatable bonds is 4. The highest BCUT2D eigenvalue weighted by Crippen LogP contribution is 2.19. The van der Waals surface area contributed by atoms with E-state index in [0.29, 0.717) is 0 Å². The van der Waals surface area contributed by atoms with E-state index in [-0.39, 0.29) is 17.1 Å². The van der Waals surface area contributed by atoms with Crippen LogP contribution in [0.2, 0.25) is 0 Å². The molecule has 0 bridgehead atoms. The Morgan fingerprint density at radius 1 is 1.35 bits per heavy atom. The SMILES string of the molecule is CC(C)C(S)C(=O)Nc1cccc(N(C)C)c1. The van der Waals surface area contributed by atoms with E-state index >= 15 is 0 Å². The molecule has 94 valence electrons. The van der Waals surface area contributed by atoms with Gasteiger partial charge in [-0.3, -0.25) is 4.79 Å². The highest BCUT2D eigenvalue weighted by molar-refractivity contribution is 7.81. The average Bonchev–Trinajstić information content (AvgIpc) is 2.28. The van der Waals surface area contributed by atoms with Crippen LogP contribution in [0.3, 0.4) is 0 Å². The first-order valence-electron chi connectivity index (χ1n) is 5.68. The zero-order chi connectivity index (χ0) is 13.0. The van der Waals surface area contributed by atoms with E-state index in [0.717, 1.165) is 11.4 Å². The summed E-state index contributed by atoms with van der Waals surface area (Å²) in [6, 6.07) is 7.74. The van der Waals surface area contributed by atoms with Gasteiger partial charge in [-0.25, -0.2) is 0 Å². The molecule has 1 rings (SSSR count). The lowest BCUT2D eigenvalue weighted by atomic mass is 10.1. The molecule has 0 fully saturated rings. The first-order valence-corrected chi connectivity index (χ1v) is 6.19. The van der Waals surface area contributed by atoms with Crippen LogP contribution in [0.5, 0.6) is 0 Å². The van der Waals surface area contributed by atoms with E-state index in [4.69, 9.17) is 0 Å². The lowest BCUT2D eigenvalue weighted by Crippen LogP contribution is -2.27. The van der Waals surface area contributed by atoms with E-state index in [1.165, 1.54) is 0 Å². The van der Waals surface area contributed by atoms with Crippen molar-refractivity contribution in [1.29, 1.82) is 0 Å². The molecule has 17 heavy (non-hydrogen) atoms. The summed E-state index contributed by atoms with van der Waals surface area (Å²) in [5.41, 5.74) is 1.86. The number of carbonyl (C=O) groups excluding carboxylic acids is 1. The maximum atomic E-state index is 11.8. The molecule has 1 N–H and O–H groups in total. The maximum absolute atomic E-state index is 11.8. The Hall–Kier alpha value is -1.16. The van der Waals surface area contributed by atoms with Gasteiger partial charge in [0.05, 0.1) is 5.25 Å². The van der Waals surface area contributed by atoms with Crippen LogP contribution in [0.25, 0.3) is 0 Å². The largest absolute Gasteiger partial charge is 0.378 e. The third-order valence-corrected chi connectivity index (χ3v) is 3.36. The van der Waals surface area contributed by atoms with Crippen LogP contribution in [0.15, 0.2) is 24.3 Å². The molecule has 0 aliphatic rings. The predicted molar refractivity (Wildman–Crippen MR) is 77.0 cm³/mol. The fraction of sp³-hybridized carbons (Fsp3) is 0.462. The van der Waals surface area contributed by atoms with E-state index in [2.05, 4.69) is 17.9 Å². The third kappa shape index (κ3) is 3.97. The number of hydrogen-bond donors (Lipinski definition) is 2. The molecule has 1 unspecified atom stereocenters. The Kier molecular flexibility index (Phi) is 4.87. The molecule has 1 atom stereocenters. The van der Waals surface area contributed by atoms with Gasteiger partial charge in [0.2, 0.25) is 5.91 Å². The predicted octanol–water partition coefficient (Wildman–Crippen LogP) is 2.65. The molecule has 0 heterocycles. The quantitative estimate of drug-likeness (QED) is 0.807. The van der Waals surface area contributed by atoms with Crippen molar-refractivity contribution < 1.29 is 4.79 Å². The van der Waals surface area contributed by atoms with Crippen LogP contribution < -0.4 is 10.2 Å². The van der Waals surface area contributed by atoms with Crippen LogP contribution in [0.4, 0.5) is 11.4 Å². The average molecular weight is 252 g/mol. The van der Waals surface area contributed by atoms with Gasteiger partial charge in [-0.1, -0.05) is 19.9 Å². The molecule has 0 spiro atoms. The Balaban J connectivity index is 2.75. The van der Waals surface area contributed by atoms with Crippen molar-refractivity contribution in [2.75, 3.05) is 24.3 Å². The molecule has 3 nitrogen and oxygen atoms in total. The standard InChI is InChI=1S/C13H20N2OS/c1-9(2)12(17)13(16)14-10-6-5-7-11(8-10)15(3)4/h5-9,12,17H,1-4H3,(H,14,16). The highest BCUT2D eigenvalue weighted by atomic mass is 32.1. The van der Waals surface area contributed by atoms with E-state index in [1.54, 1.807) is 0 Å². The summed E-state index contributed by atoms with van der Waals surface area (Å²) >= 11 is 4.29.